The van der Waals surface area contributed by atoms with Crippen molar-refractivity contribution in [1.29, 1.82) is 0 Å². The molecule has 0 aliphatic heterocycles. The second-order valence-electron chi connectivity index (χ2n) is 6.50. The van der Waals surface area contributed by atoms with Crippen molar-refractivity contribution in [3.8, 4) is 0 Å². The Kier molecular flexibility index (Phi) is 3.76. The molecule has 1 aromatic heterocycles. The molecule has 0 spiro atoms. The molecule has 5 heteroatoms. The van der Waals surface area contributed by atoms with Crippen LogP contribution in [0, 0.1) is 6.92 Å². The van der Waals surface area contributed by atoms with Crippen LogP contribution in [0.1, 0.15) is 47.6 Å². The van der Waals surface area contributed by atoms with Gasteiger partial charge in [0.05, 0.1) is 11.6 Å². The first-order chi connectivity index (χ1) is 11.7. The summed E-state index contributed by atoms with van der Waals surface area (Å²) in [5.74, 6) is -0.127. The summed E-state index contributed by atoms with van der Waals surface area (Å²) in [6, 6.07) is 13.8. The zero-order chi connectivity index (χ0) is 16.5. The highest BCUT2D eigenvalue weighted by Crippen LogP contribution is 2.31. The maximum absolute atomic E-state index is 12.5. The van der Waals surface area contributed by atoms with Crippen molar-refractivity contribution in [2.24, 2.45) is 0 Å². The van der Waals surface area contributed by atoms with Gasteiger partial charge in [0, 0.05) is 11.3 Å². The molecule has 1 heterocycles. The summed E-state index contributed by atoms with van der Waals surface area (Å²) in [4.78, 5) is 12.5. The highest BCUT2D eigenvalue weighted by Gasteiger charge is 2.20. The molecule has 1 saturated carbocycles. The van der Waals surface area contributed by atoms with Crippen LogP contribution >= 0.6 is 0 Å². The predicted octanol–water partition coefficient (Wildman–Crippen LogP) is 4.11. The molecule has 0 saturated heterocycles. The number of fused-ring (bicyclic) bond motifs is 1. The van der Waals surface area contributed by atoms with Crippen molar-refractivity contribution in [2.75, 3.05) is 5.32 Å². The third kappa shape index (κ3) is 2.77. The molecular weight excluding hydrogens is 300 g/mol. The normalized spacial score (nSPS) is 15.0. The fraction of sp³-hybridized carbons (Fsp3) is 0.316. The number of anilines is 1. The van der Waals surface area contributed by atoms with Gasteiger partial charge >= 0.3 is 0 Å². The van der Waals surface area contributed by atoms with Gasteiger partial charge in [0.15, 0.2) is 0 Å². The van der Waals surface area contributed by atoms with E-state index in [1.807, 2.05) is 54.1 Å². The van der Waals surface area contributed by atoms with Crippen LogP contribution in [0.2, 0.25) is 0 Å². The van der Waals surface area contributed by atoms with E-state index in [0.29, 0.717) is 11.6 Å². The molecule has 0 atom stereocenters. The van der Waals surface area contributed by atoms with Crippen molar-refractivity contribution in [3.05, 3.63) is 53.6 Å². The minimum Gasteiger partial charge on any atom is -0.322 e. The maximum Gasteiger partial charge on any atom is 0.255 e. The highest BCUT2D eigenvalue weighted by molar-refractivity contribution is 6.05. The fourth-order valence-corrected chi connectivity index (χ4v) is 3.43. The van der Waals surface area contributed by atoms with E-state index in [0.717, 1.165) is 35.1 Å². The molecule has 1 aliphatic rings. The van der Waals surface area contributed by atoms with Gasteiger partial charge in [-0.3, -0.25) is 4.79 Å². The van der Waals surface area contributed by atoms with Gasteiger partial charge in [-0.15, -0.1) is 5.10 Å². The second kappa shape index (κ2) is 6.07. The highest BCUT2D eigenvalue weighted by atomic mass is 16.1. The van der Waals surface area contributed by atoms with Crippen molar-refractivity contribution in [3.63, 3.8) is 0 Å². The summed E-state index contributed by atoms with van der Waals surface area (Å²) in [6.45, 7) is 2.00. The molecule has 1 N–H and O–H groups in total. The van der Waals surface area contributed by atoms with Gasteiger partial charge in [-0.1, -0.05) is 30.2 Å². The molecule has 1 aliphatic carbocycles. The number of amides is 1. The van der Waals surface area contributed by atoms with E-state index < -0.39 is 0 Å². The van der Waals surface area contributed by atoms with Crippen LogP contribution in [-0.4, -0.2) is 20.9 Å². The van der Waals surface area contributed by atoms with E-state index >= 15 is 0 Å². The van der Waals surface area contributed by atoms with Gasteiger partial charge in [-0.25, -0.2) is 4.68 Å². The lowest BCUT2D eigenvalue weighted by Crippen LogP contribution is -2.12. The van der Waals surface area contributed by atoms with E-state index in [1.165, 1.54) is 12.8 Å². The van der Waals surface area contributed by atoms with Gasteiger partial charge < -0.3 is 5.32 Å². The average Bonchev–Trinajstić information content (AvgIpc) is 3.23. The number of carbonyl (C=O) groups excluding carboxylic acids is 1. The quantitative estimate of drug-likeness (QED) is 0.790. The first kappa shape index (κ1) is 14.9. The fourth-order valence-electron chi connectivity index (χ4n) is 3.43. The molecule has 5 nitrogen and oxygen atoms in total. The summed E-state index contributed by atoms with van der Waals surface area (Å²) < 4.78 is 2.02. The Morgan fingerprint density at radius 2 is 2.00 bits per heavy atom. The van der Waals surface area contributed by atoms with Crippen LogP contribution in [0.3, 0.4) is 0 Å². The largest absolute Gasteiger partial charge is 0.322 e. The number of hydrogen-bond acceptors (Lipinski definition) is 3. The number of rotatable bonds is 3. The molecular formula is C19H20N4O. The smallest absolute Gasteiger partial charge is 0.255 e. The average molecular weight is 320 g/mol. The van der Waals surface area contributed by atoms with Crippen molar-refractivity contribution >= 4 is 22.6 Å². The number of hydrogen-bond donors (Lipinski definition) is 1. The summed E-state index contributed by atoms with van der Waals surface area (Å²) in [6.07, 6.45) is 4.83. The third-order valence-electron chi connectivity index (χ3n) is 4.68. The third-order valence-corrected chi connectivity index (χ3v) is 4.68. The Labute approximate surface area is 140 Å². The molecule has 1 amide bonds. The van der Waals surface area contributed by atoms with E-state index in [-0.39, 0.29) is 5.91 Å². The summed E-state index contributed by atoms with van der Waals surface area (Å²) in [5, 5.41) is 11.5. The van der Waals surface area contributed by atoms with Crippen molar-refractivity contribution < 1.29 is 4.79 Å². The molecule has 3 aromatic rings. The predicted molar refractivity (Wildman–Crippen MR) is 94.2 cm³/mol. The first-order valence-electron chi connectivity index (χ1n) is 8.44. The monoisotopic (exact) mass is 320 g/mol. The van der Waals surface area contributed by atoms with Crippen LogP contribution in [0.25, 0.3) is 11.0 Å². The summed E-state index contributed by atoms with van der Waals surface area (Å²) >= 11 is 0. The second-order valence-corrected chi connectivity index (χ2v) is 6.50. The van der Waals surface area contributed by atoms with Gasteiger partial charge in [0.1, 0.15) is 5.52 Å². The Morgan fingerprint density at radius 1 is 1.17 bits per heavy atom. The lowest BCUT2D eigenvalue weighted by Gasteiger charge is -2.10. The summed E-state index contributed by atoms with van der Waals surface area (Å²) in [7, 11) is 0. The van der Waals surface area contributed by atoms with E-state index in [1.54, 1.807) is 0 Å². The minimum atomic E-state index is -0.127. The van der Waals surface area contributed by atoms with E-state index in [4.69, 9.17) is 0 Å². The molecule has 0 bridgehead atoms. The SMILES string of the molecule is Cc1cccc(NC(=O)c2ccc3c(c2)nnn3C2CCCC2)c1. The Hall–Kier alpha value is -2.69. The molecule has 2 aromatic carbocycles. The van der Waals surface area contributed by atoms with Gasteiger partial charge in [-0.2, -0.15) is 0 Å². The Balaban J connectivity index is 1.59. The minimum absolute atomic E-state index is 0.127. The summed E-state index contributed by atoms with van der Waals surface area (Å²) in [5.41, 5.74) is 4.30. The molecule has 0 unspecified atom stereocenters. The number of aromatic nitrogens is 3. The van der Waals surface area contributed by atoms with Crippen molar-refractivity contribution in [1.82, 2.24) is 15.0 Å². The number of nitrogens with zero attached hydrogens (tertiary/aromatic N) is 3. The standard InChI is InChI=1S/C19H20N4O/c1-13-5-4-6-15(11-13)20-19(24)14-9-10-18-17(12-14)21-22-23(18)16-7-2-3-8-16/h4-6,9-12,16H,2-3,7-8H2,1H3,(H,20,24). The van der Waals surface area contributed by atoms with Crippen LogP contribution in [-0.2, 0) is 0 Å². The van der Waals surface area contributed by atoms with Crippen LogP contribution in [0.4, 0.5) is 5.69 Å². The topological polar surface area (TPSA) is 59.8 Å². The number of nitrogens with one attached hydrogen (secondary N) is 1. The maximum atomic E-state index is 12.5. The van der Waals surface area contributed by atoms with E-state index in [9.17, 15) is 4.79 Å². The van der Waals surface area contributed by atoms with Crippen LogP contribution in [0.15, 0.2) is 42.5 Å². The number of carbonyl (C=O) groups is 1. The molecule has 24 heavy (non-hydrogen) atoms. The van der Waals surface area contributed by atoms with Gasteiger partial charge in [0.2, 0.25) is 0 Å². The van der Waals surface area contributed by atoms with E-state index in [2.05, 4.69) is 15.6 Å². The lowest BCUT2D eigenvalue weighted by atomic mass is 10.1. The van der Waals surface area contributed by atoms with Crippen LogP contribution < -0.4 is 5.32 Å². The molecule has 0 radical (unpaired) electrons. The molecule has 4 rings (SSSR count). The van der Waals surface area contributed by atoms with Crippen molar-refractivity contribution in [2.45, 2.75) is 38.6 Å². The number of benzene rings is 2. The zero-order valence-corrected chi connectivity index (χ0v) is 13.7. The van der Waals surface area contributed by atoms with Gasteiger partial charge in [0.25, 0.3) is 5.91 Å². The lowest BCUT2D eigenvalue weighted by molar-refractivity contribution is 0.102. The molecule has 122 valence electrons. The van der Waals surface area contributed by atoms with Crippen LogP contribution in [0.5, 0.6) is 0 Å². The molecule has 1 fully saturated rings. The Bertz CT molecular complexity index is 893. The zero-order valence-electron chi connectivity index (χ0n) is 13.7. The van der Waals surface area contributed by atoms with Gasteiger partial charge in [-0.05, 0) is 55.7 Å². The first-order valence-corrected chi connectivity index (χ1v) is 8.44. The number of aryl methyl sites for hydroxylation is 1. The Morgan fingerprint density at radius 3 is 2.79 bits per heavy atom.